The normalized spacial score (nSPS) is 11.2. The van der Waals surface area contributed by atoms with Crippen molar-refractivity contribution in [2.45, 2.75) is 0 Å². The number of nitro benzene ring substituents is 1. The Bertz CT molecular complexity index is 723. The number of hydrogen-bond donors (Lipinski definition) is 1. The summed E-state index contributed by atoms with van der Waals surface area (Å²) in [5, 5.41) is 20.4. The third-order valence-corrected chi connectivity index (χ3v) is 3.01. The molecule has 0 heterocycles. The first-order valence-corrected chi connectivity index (χ1v) is 6.30. The molecular formula is C15H10ClNO4. The Morgan fingerprint density at radius 1 is 1.19 bits per heavy atom. The topological polar surface area (TPSA) is 80.4 Å². The standard InChI is InChI=1S/C15H10ClNO4/c16-12-3-1-2-10(8-12)9-14(15(18)19)11-4-6-13(7-5-11)17(20)21/h1-9H,(H,18,19). The second-order valence-electron chi connectivity index (χ2n) is 4.22. The molecule has 21 heavy (non-hydrogen) atoms. The van der Waals surface area contributed by atoms with Gasteiger partial charge in [-0.05, 0) is 41.5 Å². The van der Waals surface area contributed by atoms with Gasteiger partial charge in [-0.1, -0.05) is 23.7 Å². The maximum absolute atomic E-state index is 11.4. The number of carbonyl (C=O) groups is 1. The van der Waals surface area contributed by atoms with E-state index < -0.39 is 10.9 Å². The fraction of sp³-hybridized carbons (Fsp3) is 0. The van der Waals surface area contributed by atoms with Gasteiger partial charge in [0.1, 0.15) is 0 Å². The smallest absolute Gasteiger partial charge is 0.336 e. The van der Waals surface area contributed by atoms with Crippen molar-refractivity contribution in [3.8, 4) is 0 Å². The van der Waals surface area contributed by atoms with Crippen molar-refractivity contribution < 1.29 is 14.8 Å². The van der Waals surface area contributed by atoms with Crippen LogP contribution in [0.15, 0.2) is 48.5 Å². The molecule has 0 atom stereocenters. The van der Waals surface area contributed by atoms with Gasteiger partial charge in [0, 0.05) is 17.2 Å². The van der Waals surface area contributed by atoms with Crippen molar-refractivity contribution in [2.75, 3.05) is 0 Å². The zero-order valence-corrected chi connectivity index (χ0v) is 11.4. The fourth-order valence-electron chi connectivity index (χ4n) is 1.79. The third kappa shape index (κ3) is 3.67. The number of aliphatic carboxylic acids is 1. The van der Waals surface area contributed by atoms with Crippen LogP contribution in [-0.2, 0) is 4.79 Å². The van der Waals surface area contributed by atoms with Gasteiger partial charge in [-0.25, -0.2) is 4.79 Å². The zero-order valence-electron chi connectivity index (χ0n) is 10.7. The lowest BCUT2D eigenvalue weighted by Crippen LogP contribution is -2.00. The van der Waals surface area contributed by atoms with Gasteiger partial charge in [-0.15, -0.1) is 0 Å². The van der Waals surface area contributed by atoms with Gasteiger partial charge in [0.05, 0.1) is 10.5 Å². The van der Waals surface area contributed by atoms with E-state index in [1.165, 1.54) is 30.3 Å². The average Bonchev–Trinajstić information content (AvgIpc) is 2.44. The third-order valence-electron chi connectivity index (χ3n) is 2.78. The maximum atomic E-state index is 11.4. The number of carboxylic acids is 1. The summed E-state index contributed by atoms with van der Waals surface area (Å²) in [5.41, 5.74) is 0.963. The molecule has 6 heteroatoms. The highest BCUT2D eigenvalue weighted by Gasteiger charge is 2.12. The van der Waals surface area contributed by atoms with Crippen LogP contribution in [0, 0.1) is 10.1 Å². The van der Waals surface area contributed by atoms with Gasteiger partial charge in [0.25, 0.3) is 5.69 Å². The monoisotopic (exact) mass is 303 g/mol. The van der Waals surface area contributed by atoms with Crippen LogP contribution in [0.2, 0.25) is 5.02 Å². The molecule has 2 rings (SSSR count). The molecule has 0 amide bonds. The number of halogens is 1. The number of nitrogens with zero attached hydrogens (tertiary/aromatic N) is 1. The Balaban J connectivity index is 2.44. The Labute approximate surface area is 125 Å². The zero-order chi connectivity index (χ0) is 15.4. The van der Waals surface area contributed by atoms with E-state index in [1.54, 1.807) is 24.3 Å². The van der Waals surface area contributed by atoms with Crippen LogP contribution in [0.5, 0.6) is 0 Å². The number of rotatable bonds is 4. The molecular weight excluding hydrogens is 294 g/mol. The minimum absolute atomic E-state index is 0.0344. The molecule has 0 saturated carbocycles. The van der Waals surface area contributed by atoms with E-state index in [-0.39, 0.29) is 11.3 Å². The molecule has 2 aromatic rings. The lowest BCUT2D eigenvalue weighted by Gasteiger charge is -2.03. The molecule has 0 aliphatic heterocycles. The van der Waals surface area contributed by atoms with Gasteiger partial charge in [0.2, 0.25) is 0 Å². The number of non-ortho nitro benzene ring substituents is 1. The predicted molar refractivity (Wildman–Crippen MR) is 80.1 cm³/mol. The summed E-state index contributed by atoms with van der Waals surface area (Å²) in [6.07, 6.45) is 1.47. The van der Waals surface area contributed by atoms with Gasteiger partial charge >= 0.3 is 5.97 Å². The van der Waals surface area contributed by atoms with E-state index in [9.17, 15) is 20.0 Å². The van der Waals surface area contributed by atoms with Gasteiger partial charge in [-0.3, -0.25) is 10.1 Å². The van der Waals surface area contributed by atoms with Crippen LogP contribution >= 0.6 is 11.6 Å². The Morgan fingerprint density at radius 2 is 1.86 bits per heavy atom. The molecule has 0 aliphatic carbocycles. The first-order chi connectivity index (χ1) is 9.97. The summed E-state index contributed by atoms with van der Waals surface area (Å²) >= 11 is 5.86. The molecule has 0 aliphatic rings. The number of benzene rings is 2. The number of hydrogen-bond acceptors (Lipinski definition) is 3. The first-order valence-electron chi connectivity index (χ1n) is 5.93. The van der Waals surface area contributed by atoms with Gasteiger partial charge in [0.15, 0.2) is 0 Å². The van der Waals surface area contributed by atoms with Crippen LogP contribution in [-0.4, -0.2) is 16.0 Å². The molecule has 0 aromatic heterocycles. The molecule has 1 N–H and O–H groups in total. The molecule has 0 unspecified atom stereocenters. The van der Waals surface area contributed by atoms with E-state index in [4.69, 9.17) is 11.6 Å². The summed E-state index contributed by atoms with van der Waals surface area (Å²) < 4.78 is 0. The van der Waals surface area contributed by atoms with Crippen LogP contribution < -0.4 is 0 Å². The molecule has 0 spiro atoms. The van der Waals surface area contributed by atoms with E-state index in [0.29, 0.717) is 16.1 Å². The highest BCUT2D eigenvalue weighted by molar-refractivity contribution is 6.30. The van der Waals surface area contributed by atoms with Crippen molar-refractivity contribution in [2.24, 2.45) is 0 Å². The Morgan fingerprint density at radius 3 is 2.38 bits per heavy atom. The number of carboxylic acid groups (broad SMARTS) is 1. The highest BCUT2D eigenvalue weighted by Crippen LogP contribution is 2.22. The van der Waals surface area contributed by atoms with Crippen LogP contribution in [0.4, 0.5) is 5.69 Å². The van der Waals surface area contributed by atoms with E-state index in [0.717, 1.165) is 0 Å². The Kier molecular flexibility index (Phi) is 4.35. The molecule has 0 radical (unpaired) electrons. The molecule has 5 nitrogen and oxygen atoms in total. The van der Waals surface area contributed by atoms with Crippen molar-refractivity contribution in [1.82, 2.24) is 0 Å². The molecule has 2 aromatic carbocycles. The summed E-state index contributed by atoms with van der Waals surface area (Å²) in [6.45, 7) is 0. The van der Waals surface area contributed by atoms with E-state index in [1.807, 2.05) is 0 Å². The lowest BCUT2D eigenvalue weighted by molar-refractivity contribution is -0.384. The van der Waals surface area contributed by atoms with Crippen molar-refractivity contribution in [1.29, 1.82) is 0 Å². The summed E-state index contributed by atoms with van der Waals surface area (Å²) in [5.74, 6) is -1.12. The quantitative estimate of drug-likeness (QED) is 0.402. The molecule has 0 saturated heterocycles. The summed E-state index contributed by atoms with van der Waals surface area (Å²) in [6, 6.07) is 12.1. The number of nitro groups is 1. The van der Waals surface area contributed by atoms with E-state index in [2.05, 4.69) is 0 Å². The molecule has 106 valence electrons. The SMILES string of the molecule is O=C(O)C(=Cc1cccc(Cl)c1)c1ccc([N+](=O)[O-])cc1. The van der Waals surface area contributed by atoms with E-state index >= 15 is 0 Å². The van der Waals surface area contributed by atoms with Crippen molar-refractivity contribution in [3.05, 3.63) is 74.8 Å². The van der Waals surface area contributed by atoms with Crippen LogP contribution in [0.3, 0.4) is 0 Å². The van der Waals surface area contributed by atoms with Crippen molar-refractivity contribution in [3.63, 3.8) is 0 Å². The summed E-state index contributed by atoms with van der Waals surface area (Å²) in [7, 11) is 0. The first kappa shape index (κ1) is 14.7. The lowest BCUT2D eigenvalue weighted by atomic mass is 10.0. The average molecular weight is 304 g/mol. The maximum Gasteiger partial charge on any atom is 0.336 e. The second kappa shape index (κ2) is 6.19. The second-order valence-corrected chi connectivity index (χ2v) is 4.66. The van der Waals surface area contributed by atoms with Crippen molar-refractivity contribution >= 4 is 34.9 Å². The van der Waals surface area contributed by atoms with Crippen LogP contribution in [0.25, 0.3) is 11.6 Å². The minimum Gasteiger partial charge on any atom is -0.478 e. The molecule has 0 fully saturated rings. The van der Waals surface area contributed by atoms with Crippen LogP contribution in [0.1, 0.15) is 11.1 Å². The highest BCUT2D eigenvalue weighted by atomic mass is 35.5. The fourth-order valence-corrected chi connectivity index (χ4v) is 1.99. The van der Waals surface area contributed by atoms with Gasteiger partial charge in [-0.2, -0.15) is 0 Å². The minimum atomic E-state index is -1.12. The Hall–Kier alpha value is -2.66. The predicted octanol–water partition coefficient (Wildman–Crippen LogP) is 3.87. The molecule has 0 bridgehead atoms. The summed E-state index contributed by atoms with van der Waals surface area (Å²) in [4.78, 5) is 21.4. The van der Waals surface area contributed by atoms with Gasteiger partial charge < -0.3 is 5.11 Å². The largest absolute Gasteiger partial charge is 0.478 e.